The largest absolute Gasteiger partial charge is 0.313 e. The topological polar surface area (TPSA) is 12.0 Å². The molecule has 0 heterocycles. The summed E-state index contributed by atoms with van der Waals surface area (Å²) in [6.45, 7) is 2.15. The Hall–Kier alpha value is -0.580. The average Bonchev–Trinajstić information content (AvgIpc) is 2.42. The van der Waals surface area contributed by atoms with Crippen LogP contribution in [0.5, 0.6) is 0 Å². The molecule has 2 aromatic carbocycles. The molecule has 2 rings (SSSR count). The van der Waals surface area contributed by atoms with Crippen LogP contribution in [0.1, 0.15) is 22.7 Å². The third-order valence-corrected chi connectivity index (χ3v) is 5.02. The van der Waals surface area contributed by atoms with Gasteiger partial charge >= 0.3 is 0 Å². The van der Waals surface area contributed by atoms with E-state index >= 15 is 0 Å². The van der Waals surface area contributed by atoms with Gasteiger partial charge in [-0.25, -0.2) is 0 Å². The number of aryl methyl sites for hydroxylation is 1. The molecule has 0 aromatic heterocycles. The van der Waals surface area contributed by atoms with Gasteiger partial charge in [-0.05, 0) is 71.8 Å². The Morgan fingerprint density at radius 1 is 1.16 bits per heavy atom. The van der Waals surface area contributed by atoms with Crippen LogP contribution >= 0.6 is 34.2 Å². The first-order valence-corrected chi connectivity index (χ1v) is 7.74. The molecule has 1 atom stereocenters. The van der Waals surface area contributed by atoms with Crippen LogP contribution < -0.4 is 5.32 Å². The van der Waals surface area contributed by atoms with E-state index in [-0.39, 0.29) is 0 Å². The van der Waals surface area contributed by atoms with Crippen molar-refractivity contribution >= 4 is 34.2 Å². The number of hydrogen-bond acceptors (Lipinski definition) is 1. The highest BCUT2D eigenvalue weighted by molar-refractivity contribution is 14.1. The number of hydrogen-bond donors (Lipinski definition) is 1. The van der Waals surface area contributed by atoms with Crippen molar-refractivity contribution in [2.45, 2.75) is 19.4 Å². The minimum atomic E-state index is 0.327. The first kappa shape index (κ1) is 14.8. The van der Waals surface area contributed by atoms with Crippen LogP contribution in [0.15, 0.2) is 42.5 Å². The lowest BCUT2D eigenvalue weighted by atomic mass is 9.98. The molecule has 1 nitrogen and oxygen atoms in total. The fourth-order valence-corrected chi connectivity index (χ4v) is 3.02. The van der Waals surface area contributed by atoms with Crippen molar-refractivity contribution in [2.24, 2.45) is 0 Å². The van der Waals surface area contributed by atoms with E-state index < -0.39 is 0 Å². The lowest BCUT2D eigenvalue weighted by molar-refractivity contribution is 0.589. The summed E-state index contributed by atoms with van der Waals surface area (Å²) >= 11 is 8.36. The molecule has 100 valence electrons. The summed E-state index contributed by atoms with van der Waals surface area (Å²) in [5.41, 5.74) is 3.98. The van der Waals surface area contributed by atoms with Crippen molar-refractivity contribution in [3.63, 3.8) is 0 Å². The van der Waals surface area contributed by atoms with Crippen LogP contribution in [-0.4, -0.2) is 7.05 Å². The van der Waals surface area contributed by atoms with Gasteiger partial charge in [0.25, 0.3) is 0 Å². The molecule has 3 heteroatoms. The van der Waals surface area contributed by atoms with E-state index in [9.17, 15) is 0 Å². The standard InChI is InChI=1S/C16H17ClIN/c1-11-4-3-5-14(16(11)18)15(19-2)10-12-6-8-13(17)9-7-12/h3-9,15,19H,10H2,1-2H3. The first-order valence-electron chi connectivity index (χ1n) is 6.28. The minimum absolute atomic E-state index is 0.327. The van der Waals surface area contributed by atoms with Gasteiger partial charge < -0.3 is 5.32 Å². The zero-order valence-corrected chi connectivity index (χ0v) is 14.0. The highest BCUT2D eigenvalue weighted by atomic mass is 127. The quantitative estimate of drug-likeness (QED) is 0.749. The number of likely N-dealkylation sites (N-methyl/N-ethyl adjacent to an activating group) is 1. The van der Waals surface area contributed by atoms with E-state index in [0.29, 0.717) is 6.04 Å². The number of nitrogens with one attached hydrogen (secondary N) is 1. The van der Waals surface area contributed by atoms with E-state index in [1.54, 1.807) is 0 Å². The molecule has 0 fully saturated rings. The van der Waals surface area contributed by atoms with E-state index in [1.807, 2.05) is 19.2 Å². The van der Waals surface area contributed by atoms with E-state index in [1.165, 1.54) is 20.3 Å². The molecule has 0 saturated heterocycles. The molecule has 0 aliphatic heterocycles. The van der Waals surface area contributed by atoms with Crippen molar-refractivity contribution in [3.05, 3.63) is 67.7 Å². The van der Waals surface area contributed by atoms with Crippen molar-refractivity contribution < 1.29 is 0 Å². The fourth-order valence-electron chi connectivity index (χ4n) is 2.16. The van der Waals surface area contributed by atoms with Gasteiger partial charge in [-0.2, -0.15) is 0 Å². The molecule has 19 heavy (non-hydrogen) atoms. The molecule has 0 bridgehead atoms. The maximum Gasteiger partial charge on any atom is 0.0406 e. The van der Waals surface area contributed by atoms with Gasteiger partial charge in [0.15, 0.2) is 0 Å². The second-order valence-electron chi connectivity index (χ2n) is 4.65. The third-order valence-electron chi connectivity index (χ3n) is 3.30. The molecule has 0 saturated carbocycles. The van der Waals surface area contributed by atoms with Crippen LogP contribution in [-0.2, 0) is 6.42 Å². The SMILES string of the molecule is CNC(Cc1ccc(Cl)cc1)c1cccc(C)c1I. The van der Waals surface area contributed by atoms with E-state index in [4.69, 9.17) is 11.6 Å². The predicted octanol–water partition coefficient (Wildman–Crippen LogP) is 4.76. The molecule has 1 N–H and O–H groups in total. The van der Waals surface area contributed by atoms with Gasteiger partial charge in [-0.15, -0.1) is 0 Å². The Kier molecular flexibility index (Phi) is 5.25. The monoisotopic (exact) mass is 385 g/mol. The number of rotatable bonds is 4. The van der Waals surface area contributed by atoms with Gasteiger partial charge in [-0.1, -0.05) is 41.9 Å². The van der Waals surface area contributed by atoms with Crippen LogP contribution in [0.2, 0.25) is 5.02 Å². The van der Waals surface area contributed by atoms with Crippen LogP contribution in [0, 0.1) is 10.5 Å². The Balaban J connectivity index is 2.25. The molecule has 0 spiro atoms. The number of halogens is 2. The fraction of sp³-hybridized carbons (Fsp3) is 0.250. The molecule has 1 unspecified atom stereocenters. The van der Waals surface area contributed by atoms with Gasteiger partial charge in [0.1, 0.15) is 0 Å². The van der Waals surface area contributed by atoms with Gasteiger partial charge in [-0.3, -0.25) is 0 Å². The summed E-state index contributed by atoms with van der Waals surface area (Å²) in [6, 6.07) is 14.9. The summed E-state index contributed by atoms with van der Waals surface area (Å²) in [5, 5.41) is 4.20. The summed E-state index contributed by atoms with van der Waals surface area (Å²) in [7, 11) is 2.01. The van der Waals surface area contributed by atoms with Crippen LogP contribution in [0.4, 0.5) is 0 Å². The Morgan fingerprint density at radius 3 is 2.47 bits per heavy atom. The van der Waals surface area contributed by atoms with Gasteiger partial charge in [0.2, 0.25) is 0 Å². The zero-order chi connectivity index (χ0) is 13.8. The predicted molar refractivity (Wildman–Crippen MR) is 90.9 cm³/mol. The molecule has 2 aromatic rings. The second kappa shape index (κ2) is 6.73. The summed E-state index contributed by atoms with van der Waals surface area (Å²) in [4.78, 5) is 0. The molecule has 0 amide bonds. The van der Waals surface area contributed by atoms with Crippen molar-refractivity contribution in [1.29, 1.82) is 0 Å². The lowest BCUT2D eigenvalue weighted by Gasteiger charge is -2.19. The van der Waals surface area contributed by atoms with Crippen molar-refractivity contribution in [1.82, 2.24) is 5.32 Å². The highest BCUT2D eigenvalue weighted by Crippen LogP contribution is 2.26. The Bertz CT molecular complexity index is 551. The molecular formula is C16H17ClIN. The maximum atomic E-state index is 5.93. The van der Waals surface area contributed by atoms with Crippen molar-refractivity contribution in [3.8, 4) is 0 Å². The lowest BCUT2D eigenvalue weighted by Crippen LogP contribution is -2.20. The van der Waals surface area contributed by atoms with Gasteiger partial charge in [0, 0.05) is 14.6 Å². The highest BCUT2D eigenvalue weighted by Gasteiger charge is 2.14. The summed E-state index contributed by atoms with van der Waals surface area (Å²) < 4.78 is 1.34. The molecule has 0 aliphatic carbocycles. The molecule has 0 radical (unpaired) electrons. The maximum absolute atomic E-state index is 5.93. The number of benzene rings is 2. The van der Waals surface area contributed by atoms with Crippen molar-refractivity contribution in [2.75, 3.05) is 7.05 Å². The normalized spacial score (nSPS) is 12.4. The van der Waals surface area contributed by atoms with E-state index in [0.717, 1.165) is 11.4 Å². The average molecular weight is 386 g/mol. The third kappa shape index (κ3) is 3.71. The van der Waals surface area contributed by atoms with Gasteiger partial charge in [0.05, 0.1) is 0 Å². The van der Waals surface area contributed by atoms with Crippen LogP contribution in [0.3, 0.4) is 0 Å². The Morgan fingerprint density at radius 2 is 1.84 bits per heavy atom. The van der Waals surface area contributed by atoms with E-state index in [2.05, 4.69) is 65.2 Å². The first-order chi connectivity index (χ1) is 9.11. The molecular weight excluding hydrogens is 369 g/mol. The smallest absolute Gasteiger partial charge is 0.0406 e. The summed E-state index contributed by atoms with van der Waals surface area (Å²) in [6.07, 6.45) is 0.965. The van der Waals surface area contributed by atoms with Crippen LogP contribution in [0.25, 0.3) is 0 Å². The molecule has 0 aliphatic rings. The minimum Gasteiger partial charge on any atom is -0.313 e. The zero-order valence-electron chi connectivity index (χ0n) is 11.1. The second-order valence-corrected chi connectivity index (χ2v) is 6.17. The summed E-state index contributed by atoms with van der Waals surface area (Å²) in [5.74, 6) is 0. The Labute approximate surface area is 133 Å².